The summed E-state index contributed by atoms with van der Waals surface area (Å²) in [5.41, 5.74) is 7.80. The van der Waals surface area contributed by atoms with Crippen molar-refractivity contribution in [1.82, 2.24) is 19.7 Å². The van der Waals surface area contributed by atoms with Gasteiger partial charge in [0.1, 0.15) is 0 Å². The molecule has 2 aliphatic carbocycles. The van der Waals surface area contributed by atoms with Crippen LogP contribution in [0.25, 0.3) is 11.3 Å². The van der Waals surface area contributed by atoms with Gasteiger partial charge in [-0.05, 0) is 57.1 Å². The van der Waals surface area contributed by atoms with Crippen molar-refractivity contribution >= 4 is 5.82 Å². The van der Waals surface area contributed by atoms with Crippen molar-refractivity contribution in [3.05, 3.63) is 24.0 Å². The van der Waals surface area contributed by atoms with Crippen LogP contribution in [0.15, 0.2) is 18.3 Å². The summed E-state index contributed by atoms with van der Waals surface area (Å²) >= 11 is 0. The lowest BCUT2D eigenvalue weighted by molar-refractivity contribution is -0.274. The third-order valence-corrected chi connectivity index (χ3v) is 7.83. The Morgan fingerprint density at radius 2 is 1.91 bits per heavy atom. The quantitative estimate of drug-likeness (QED) is 0.723. The summed E-state index contributed by atoms with van der Waals surface area (Å²) < 4.78 is 50.0. The Hall–Kier alpha value is -2.33. The van der Waals surface area contributed by atoms with Gasteiger partial charge in [0.05, 0.1) is 18.4 Å². The predicted molar refractivity (Wildman–Crippen MR) is 115 cm³/mol. The van der Waals surface area contributed by atoms with Crippen molar-refractivity contribution in [2.75, 3.05) is 18.9 Å². The monoisotopic (exact) mass is 463 g/mol. The summed E-state index contributed by atoms with van der Waals surface area (Å²) in [4.78, 5) is 6.57. The molecule has 10 heteroatoms. The van der Waals surface area contributed by atoms with E-state index < -0.39 is 12.1 Å². The fourth-order valence-corrected chi connectivity index (χ4v) is 6.41. The molecule has 33 heavy (non-hydrogen) atoms. The van der Waals surface area contributed by atoms with Gasteiger partial charge in [-0.2, -0.15) is 5.10 Å². The van der Waals surface area contributed by atoms with E-state index in [1.165, 1.54) is 31.5 Å². The zero-order chi connectivity index (χ0) is 23.1. The molecule has 2 bridgehead atoms. The van der Waals surface area contributed by atoms with Gasteiger partial charge < -0.3 is 15.2 Å². The van der Waals surface area contributed by atoms with Gasteiger partial charge >= 0.3 is 6.36 Å². The van der Waals surface area contributed by atoms with Crippen LogP contribution in [0, 0.1) is 11.8 Å². The zero-order valence-corrected chi connectivity index (χ0v) is 18.6. The number of alkyl halides is 3. The maximum Gasteiger partial charge on any atom is 0.573 e. The fraction of sp³-hybridized carbons (Fsp3) is 0.652. The molecule has 7 nitrogen and oxygen atoms in total. The lowest BCUT2D eigenvalue weighted by Crippen LogP contribution is -2.43. The van der Waals surface area contributed by atoms with E-state index in [0.717, 1.165) is 18.8 Å². The Morgan fingerprint density at radius 1 is 1.15 bits per heavy atom. The second-order valence-corrected chi connectivity index (χ2v) is 10.2. The highest BCUT2D eigenvalue weighted by molar-refractivity contribution is 5.64. The minimum Gasteiger partial charge on any atom is -0.402 e. The number of pyridine rings is 1. The van der Waals surface area contributed by atoms with Crippen molar-refractivity contribution < 1.29 is 22.6 Å². The zero-order valence-electron chi connectivity index (χ0n) is 18.6. The van der Waals surface area contributed by atoms with Gasteiger partial charge in [0.2, 0.25) is 0 Å². The number of nitrogen functional groups attached to an aromatic ring is 1. The number of morpholine rings is 1. The van der Waals surface area contributed by atoms with Gasteiger partial charge in [-0.3, -0.25) is 9.58 Å². The van der Waals surface area contributed by atoms with Crippen LogP contribution in [0.5, 0.6) is 5.75 Å². The number of halogens is 3. The van der Waals surface area contributed by atoms with Crippen LogP contribution >= 0.6 is 0 Å². The van der Waals surface area contributed by atoms with E-state index in [0.29, 0.717) is 47.2 Å². The molecule has 2 aromatic heterocycles. The van der Waals surface area contributed by atoms with Gasteiger partial charge in [0.15, 0.2) is 11.6 Å². The first-order chi connectivity index (χ1) is 15.7. The Balaban J connectivity index is 1.22. The molecule has 2 aliphatic heterocycles. The largest absolute Gasteiger partial charge is 0.573 e. The van der Waals surface area contributed by atoms with Crippen LogP contribution < -0.4 is 10.5 Å². The average Bonchev–Trinajstić information content (AvgIpc) is 3.32. The van der Waals surface area contributed by atoms with Crippen molar-refractivity contribution in [3.8, 4) is 17.0 Å². The molecule has 0 radical (unpaired) electrons. The highest BCUT2D eigenvalue weighted by atomic mass is 19.4. The Labute approximate surface area is 190 Å². The molecule has 2 aromatic rings. The number of nitrogens with zero attached hydrogens (tertiary/aromatic N) is 4. The summed E-state index contributed by atoms with van der Waals surface area (Å²) in [6.07, 6.45) is 0.610. The normalized spacial score (nSPS) is 33.2. The minimum absolute atomic E-state index is 0.143. The summed E-state index contributed by atoms with van der Waals surface area (Å²) in [6.45, 7) is 6.09. The highest BCUT2D eigenvalue weighted by Gasteiger charge is 2.60. The van der Waals surface area contributed by atoms with Gasteiger partial charge in [0.25, 0.3) is 0 Å². The molecule has 6 rings (SSSR count). The molecule has 0 amide bonds. The number of aromatic nitrogens is 3. The SMILES string of the molecule is CC(C)n1nc(-c2cnc(N)c(OC(F)(F)F)c2)cc1C1C2CC(N3C[C@H]4C[C@@H]3CO4)CC21. The van der Waals surface area contributed by atoms with Crippen LogP contribution in [0.4, 0.5) is 19.0 Å². The molecule has 4 atom stereocenters. The number of anilines is 1. The maximum absolute atomic E-state index is 12.7. The number of hydrogen-bond donors (Lipinski definition) is 1. The maximum atomic E-state index is 12.7. The third-order valence-electron chi connectivity index (χ3n) is 7.83. The standard InChI is InChI=1S/C23H28F3N5O2/c1-11(2)31-19(7-18(29-31)12-3-20(22(27)28-8-12)33-23(24,25)26)21-16-5-13(6-17(16)21)30-9-15-4-14(30)10-32-15/h3,7-8,11,13-17,21H,4-6,9-10H2,1-2H3,(H2,27,28)/t13?,14-,15-,16?,17?,21?/m1/s1. The van der Waals surface area contributed by atoms with E-state index in [4.69, 9.17) is 15.6 Å². The summed E-state index contributed by atoms with van der Waals surface area (Å²) in [7, 11) is 0. The molecule has 4 aliphatic rings. The first kappa shape index (κ1) is 21.2. The second kappa shape index (κ2) is 7.33. The van der Waals surface area contributed by atoms with Gasteiger partial charge in [0, 0.05) is 48.0 Å². The summed E-state index contributed by atoms with van der Waals surface area (Å²) in [5, 5.41) is 4.74. The molecular formula is C23H28F3N5O2. The van der Waals surface area contributed by atoms with Gasteiger partial charge in [-0.1, -0.05) is 0 Å². The van der Waals surface area contributed by atoms with Crippen LogP contribution in [-0.2, 0) is 4.74 Å². The minimum atomic E-state index is -4.83. The van der Waals surface area contributed by atoms with E-state index in [9.17, 15) is 13.2 Å². The molecule has 0 aromatic carbocycles. The third kappa shape index (κ3) is 3.67. The van der Waals surface area contributed by atoms with E-state index >= 15 is 0 Å². The summed E-state index contributed by atoms with van der Waals surface area (Å²) in [6, 6.07) is 4.66. The predicted octanol–water partition coefficient (Wildman–Crippen LogP) is 3.97. The van der Waals surface area contributed by atoms with Crippen molar-refractivity contribution in [2.24, 2.45) is 11.8 Å². The number of fused-ring (bicyclic) bond motifs is 3. The number of ether oxygens (including phenoxy) is 2. The van der Waals surface area contributed by atoms with Crippen molar-refractivity contribution in [2.45, 2.75) is 69.6 Å². The molecule has 4 heterocycles. The van der Waals surface area contributed by atoms with Crippen LogP contribution in [0.1, 0.15) is 50.8 Å². The van der Waals surface area contributed by atoms with Gasteiger partial charge in [-0.25, -0.2) is 4.98 Å². The average molecular weight is 464 g/mol. The molecule has 2 N–H and O–H groups in total. The van der Waals surface area contributed by atoms with Gasteiger partial charge in [-0.15, -0.1) is 13.2 Å². The Kier molecular flexibility index (Phi) is 4.72. The number of hydrogen-bond acceptors (Lipinski definition) is 6. The number of nitrogens with two attached hydrogens (primary N) is 1. The first-order valence-corrected chi connectivity index (χ1v) is 11.7. The van der Waals surface area contributed by atoms with E-state index in [1.54, 1.807) is 0 Å². The van der Waals surface area contributed by atoms with Crippen molar-refractivity contribution in [3.63, 3.8) is 0 Å². The van der Waals surface area contributed by atoms with Crippen LogP contribution in [0.2, 0.25) is 0 Å². The Morgan fingerprint density at radius 3 is 2.52 bits per heavy atom. The second-order valence-electron chi connectivity index (χ2n) is 10.2. The van der Waals surface area contributed by atoms with E-state index in [2.05, 4.69) is 28.5 Å². The number of rotatable bonds is 5. The molecule has 178 valence electrons. The molecule has 2 saturated carbocycles. The molecular weight excluding hydrogens is 435 g/mol. The lowest BCUT2D eigenvalue weighted by Gasteiger charge is -2.33. The topological polar surface area (TPSA) is 78.4 Å². The number of likely N-dealkylation sites (tertiary alicyclic amines) is 1. The first-order valence-electron chi connectivity index (χ1n) is 11.7. The van der Waals surface area contributed by atoms with Crippen molar-refractivity contribution in [1.29, 1.82) is 0 Å². The van der Waals surface area contributed by atoms with E-state index in [-0.39, 0.29) is 11.9 Å². The molecule has 0 spiro atoms. The lowest BCUT2D eigenvalue weighted by atomic mass is 10.0. The van der Waals surface area contributed by atoms with E-state index in [1.807, 2.05) is 10.7 Å². The molecule has 2 unspecified atom stereocenters. The van der Waals surface area contributed by atoms with Crippen LogP contribution in [-0.4, -0.2) is 57.4 Å². The Bertz CT molecular complexity index is 1060. The molecule has 2 saturated heterocycles. The van der Waals surface area contributed by atoms with Crippen LogP contribution in [0.3, 0.4) is 0 Å². The smallest absolute Gasteiger partial charge is 0.402 e. The fourth-order valence-electron chi connectivity index (χ4n) is 6.41. The molecule has 4 fully saturated rings. The summed E-state index contributed by atoms with van der Waals surface area (Å²) in [5.74, 6) is 0.934. The highest BCUT2D eigenvalue weighted by Crippen LogP contribution is 2.64.